The fourth-order valence-corrected chi connectivity index (χ4v) is 6.61. The second kappa shape index (κ2) is 10.1. The first-order chi connectivity index (χ1) is 14.7. The number of nitrogens with zero attached hydrogens (tertiary/aromatic N) is 2. The fourth-order valence-electron chi connectivity index (χ4n) is 4.17. The first kappa shape index (κ1) is 21.0. The SMILES string of the molecule is O=C(OCc1ccccc1)N1CCC(N2CCCC([Se]c3ccccc3)C2=O)CC1. The van der Waals surface area contributed by atoms with E-state index < -0.39 is 0 Å². The third kappa shape index (κ3) is 5.24. The summed E-state index contributed by atoms with van der Waals surface area (Å²) in [6.45, 7) is 2.45. The Morgan fingerprint density at radius 2 is 1.60 bits per heavy atom. The molecule has 2 aromatic carbocycles. The topological polar surface area (TPSA) is 49.9 Å². The Bertz CT molecular complexity index is 838. The minimum absolute atomic E-state index is 0.141. The van der Waals surface area contributed by atoms with Crippen LogP contribution in [0.4, 0.5) is 4.79 Å². The van der Waals surface area contributed by atoms with Crippen LogP contribution in [-0.4, -0.2) is 62.4 Å². The second-order valence-electron chi connectivity index (χ2n) is 7.85. The molecule has 5 nitrogen and oxygen atoms in total. The maximum absolute atomic E-state index is 13.1. The van der Waals surface area contributed by atoms with E-state index >= 15 is 0 Å². The number of amides is 2. The molecule has 1 atom stereocenters. The number of rotatable bonds is 5. The summed E-state index contributed by atoms with van der Waals surface area (Å²) in [7, 11) is 0. The molecule has 2 amide bonds. The van der Waals surface area contributed by atoms with Gasteiger partial charge in [-0.1, -0.05) is 18.2 Å². The molecule has 0 saturated carbocycles. The summed E-state index contributed by atoms with van der Waals surface area (Å²) in [4.78, 5) is 29.6. The Morgan fingerprint density at radius 3 is 2.30 bits per heavy atom. The zero-order valence-electron chi connectivity index (χ0n) is 17.1. The average molecular weight is 471 g/mol. The van der Waals surface area contributed by atoms with Gasteiger partial charge in [0.2, 0.25) is 0 Å². The van der Waals surface area contributed by atoms with Crippen molar-refractivity contribution < 1.29 is 14.3 Å². The van der Waals surface area contributed by atoms with Crippen molar-refractivity contribution in [2.45, 2.75) is 43.1 Å². The molecule has 2 aliphatic rings. The Kier molecular flexibility index (Phi) is 7.08. The Balaban J connectivity index is 1.27. The number of carbonyl (C=O) groups excluding carboxylic acids is 2. The predicted molar refractivity (Wildman–Crippen MR) is 118 cm³/mol. The second-order valence-corrected chi connectivity index (χ2v) is 10.5. The molecule has 1 unspecified atom stereocenters. The molecule has 2 fully saturated rings. The zero-order valence-corrected chi connectivity index (χ0v) is 18.8. The summed E-state index contributed by atoms with van der Waals surface area (Å²) in [6, 6.07) is 20.4. The third-order valence-electron chi connectivity index (χ3n) is 5.81. The van der Waals surface area contributed by atoms with Gasteiger partial charge in [0.05, 0.1) is 0 Å². The van der Waals surface area contributed by atoms with Crippen LogP contribution in [0, 0.1) is 0 Å². The van der Waals surface area contributed by atoms with Crippen LogP contribution in [-0.2, 0) is 16.1 Å². The molecule has 6 heteroatoms. The van der Waals surface area contributed by atoms with Gasteiger partial charge in [-0.15, -0.1) is 0 Å². The molecule has 0 radical (unpaired) electrons. The van der Waals surface area contributed by atoms with E-state index in [-0.39, 0.29) is 31.9 Å². The van der Waals surface area contributed by atoms with Crippen LogP contribution >= 0.6 is 0 Å². The maximum atomic E-state index is 13.1. The molecule has 2 aliphatic heterocycles. The Hall–Kier alpha value is -2.30. The molecule has 0 spiro atoms. The zero-order chi connectivity index (χ0) is 20.8. The van der Waals surface area contributed by atoms with Crippen LogP contribution in [0.2, 0.25) is 4.82 Å². The van der Waals surface area contributed by atoms with Crippen LogP contribution in [0.15, 0.2) is 60.7 Å². The number of ether oxygens (including phenoxy) is 1. The van der Waals surface area contributed by atoms with Crippen LogP contribution < -0.4 is 4.46 Å². The molecule has 4 rings (SSSR count). The first-order valence-electron chi connectivity index (χ1n) is 10.7. The monoisotopic (exact) mass is 472 g/mol. The van der Waals surface area contributed by atoms with Crippen LogP contribution in [0.5, 0.6) is 0 Å². The summed E-state index contributed by atoms with van der Waals surface area (Å²) in [5.41, 5.74) is 0.992. The number of piperidine rings is 2. The average Bonchev–Trinajstić information content (AvgIpc) is 2.80. The summed E-state index contributed by atoms with van der Waals surface area (Å²) in [5, 5.41) is 0. The molecule has 0 aliphatic carbocycles. The number of hydrogen-bond donors (Lipinski definition) is 0. The van der Waals surface area contributed by atoms with E-state index in [4.69, 9.17) is 4.74 Å². The molecule has 0 N–H and O–H groups in total. The van der Waals surface area contributed by atoms with Gasteiger partial charge in [0.15, 0.2) is 0 Å². The van der Waals surface area contributed by atoms with E-state index in [0.717, 1.165) is 37.8 Å². The fraction of sp³-hybridized carbons (Fsp3) is 0.417. The molecule has 0 bridgehead atoms. The summed E-state index contributed by atoms with van der Waals surface area (Å²) < 4.78 is 6.75. The molecule has 30 heavy (non-hydrogen) atoms. The molecular weight excluding hydrogens is 443 g/mol. The van der Waals surface area contributed by atoms with Gasteiger partial charge in [-0.05, 0) is 0 Å². The predicted octanol–water partition coefficient (Wildman–Crippen LogP) is 3.23. The summed E-state index contributed by atoms with van der Waals surface area (Å²) in [5.74, 6) is 0.315. The quantitative estimate of drug-likeness (QED) is 0.630. The van der Waals surface area contributed by atoms with Crippen LogP contribution in [0.1, 0.15) is 31.2 Å². The van der Waals surface area contributed by atoms with E-state index in [0.29, 0.717) is 25.6 Å². The van der Waals surface area contributed by atoms with E-state index in [1.54, 1.807) is 4.90 Å². The van der Waals surface area contributed by atoms with Crippen molar-refractivity contribution in [2.24, 2.45) is 0 Å². The number of likely N-dealkylation sites (tertiary alicyclic amines) is 2. The van der Waals surface area contributed by atoms with Crippen molar-refractivity contribution in [3.8, 4) is 0 Å². The minimum atomic E-state index is -0.257. The molecule has 158 valence electrons. The van der Waals surface area contributed by atoms with Crippen molar-refractivity contribution in [1.29, 1.82) is 0 Å². The summed E-state index contributed by atoms with van der Waals surface area (Å²) >= 11 is 0.180. The van der Waals surface area contributed by atoms with Gasteiger partial charge >= 0.3 is 166 Å². The van der Waals surface area contributed by atoms with Gasteiger partial charge in [0.25, 0.3) is 0 Å². The van der Waals surface area contributed by atoms with Crippen molar-refractivity contribution in [3.63, 3.8) is 0 Å². The van der Waals surface area contributed by atoms with E-state index in [1.165, 1.54) is 4.46 Å². The van der Waals surface area contributed by atoms with Crippen molar-refractivity contribution >= 4 is 31.4 Å². The van der Waals surface area contributed by atoms with E-state index in [2.05, 4.69) is 29.2 Å². The van der Waals surface area contributed by atoms with Crippen molar-refractivity contribution in [3.05, 3.63) is 66.2 Å². The first-order valence-corrected chi connectivity index (χ1v) is 12.5. The van der Waals surface area contributed by atoms with Crippen molar-refractivity contribution in [2.75, 3.05) is 19.6 Å². The summed E-state index contributed by atoms with van der Waals surface area (Å²) in [6.07, 6.45) is 3.47. The third-order valence-corrected chi connectivity index (χ3v) is 8.47. The standard InChI is InChI=1S/C24H28N2O3Se/c27-23-22(30-21-10-5-2-6-11-21)12-7-15-26(23)20-13-16-25(17-14-20)24(28)29-18-19-8-3-1-4-9-19/h1-6,8-11,20,22H,7,12-18H2. The van der Waals surface area contributed by atoms with Crippen LogP contribution in [0.3, 0.4) is 0 Å². The number of benzene rings is 2. The Labute approximate surface area is 184 Å². The van der Waals surface area contributed by atoms with Gasteiger partial charge in [-0.25, -0.2) is 0 Å². The van der Waals surface area contributed by atoms with E-state index in [1.807, 2.05) is 36.4 Å². The normalized spacial score (nSPS) is 20.3. The van der Waals surface area contributed by atoms with Gasteiger partial charge in [0, 0.05) is 0 Å². The van der Waals surface area contributed by atoms with E-state index in [9.17, 15) is 9.59 Å². The molecule has 0 aromatic heterocycles. The van der Waals surface area contributed by atoms with Gasteiger partial charge in [-0.3, -0.25) is 0 Å². The molecule has 2 aromatic rings. The van der Waals surface area contributed by atoms with Gasteiger partial charge in [0.1, 0.15) is 0 Å². The molecular formula is C24H28N2O3Se. The Morgan fingerprint density at radius 1 is 0.933 bits per heavy atom. The number of hydrogen-bond acceptors (Lipinski definition) is 3. The van der Waals surface area contributed by atoms with Gasteiger partial charge < -0.3 is 0 Å². The number of carbonyl (C=O) groups is 2. The molecule has 2 saturated heterocycles. The molecule has 2 heterocycles. The van der Waals surface area contributed by atoms with Crippen molar-refractivity contribution in [1.82, 2.24) is 9.80 Å². The van der Waals surface area contributed by atoms with Crippen LogP contribution in [0.25, 0.3) is 0 Å². The van der Waals surface area contributed by atoms with Gasteiger partial charge in [-0.2, -0.15) is 0 Å².